The fraction of sp³-hybridized carbons (Fsp3) is 0.429. The Morgan fingerprint density at radius 2 is 2.08 bits per heavy atom. The molecule has 12 heteroatoms. The van der Waals surface area contributed by atoms with Gasteiger partial charge in [0, 0.05) is 50.1 Å². The van der Waals surface area contributed by atoms with Gasteiger partial charge in [-0.2, -0.15) is 10.1 Å². The Morgan fingerprint density at radius 1 is 1.25 bits per heavy atom. The highest BCUT2D eigenvalue weighted by Crippen LogP contribution is 2.31. The number of nitrogens with zero attached hydrogens (tertiary/aromatic N) is 7. The average Bonchev–Trinajstić information content (AvgIpc) is 3.52. The van der Waals surface area contributed by atoms with Gasteiger partial charge in [0.05, 0.1) is 29.7 Å². The van der Waals surface area contributed by atoms with Crippen LogP contribution >= 0.6 is 0 Å². The summed E-state index contributed by atoms with van der Waals surface area (Å²) in [6, 6.07) is 7.74. The SMILES string of the molecule is C[C@@H](O)CN1CC[C@H](NC(=O)c2noc(C(C)(C)C)n2)c2ccc(-c3ccnc(Nc4cnn(C)c4)n3)cc2C1. The van der Waals surface area contributed by atoms with Gasteiger partial charge >= 0.3 is 0 Å². The predicted octanol–water partition coefficient (Wildman–Crippen LogP) is 3.36. The van der Waals surface area contributed by atoms with Crippen molar-refractivity contribution in [3.63, 3.8) is 0 Å². The maximum atomic E-state index is 13.1. The smallest absolute Gasteiger partial charge is 0.293 e. The van der Waals surface area contributed by atoms with Gasteiger partial charge in [-0.3, -0.25) is 14.4 Å². The van der Waals surface area contributed by atoms with Crippen LogP contribution in [-0.2, 0) is 19.0 Å². The van der Waals surface area contributed by atoms with Crippen molar-refractivity contribution >= 4 is 17.5 Å². The summed E-state index contributed by atoms with van der Waals surface area (Å²) in [4.78, 5) is 28.7. The minimum absolute atomic E-state index is 0.0165. The number of anilines is 2. The van der Waals surface area contributed by atoms with E-state index in [-0.39, 0.29) is 23.2 Å². The van der Waals surface area contributed by atoms with Gasteiger partial charge in [0.15, 0.2) is 0 Å². The standard InChI is InChI=1S/C28H35N9O3/c1-17(38)14-37-11-9-23(32-25(39)24-34-26(40-35-24)28(2,3)4)21-7-6-18(12-19(21)15-37)22-8-10-29-27(33-22)31-20-13-30-36(5)16-20/h6-8,10,12-13,16-17,23,38H,9,11,14-15H2,1-5H3,(H,32,39)(H,29,31,33)/t17-,23+/m1/s1. The van der Waals surface area contributed by atoms with Crippen molar-refractivity contribution in [3.8, 4) is 11.3 Å². The van der Waals surface area contributed by atoms with Crippen LogP contribution in [0.4, 0.5) is 11.6 Å². The van der Waals surface area contributed by atoms with E-state index in [1.165, 1.54) is 0 Å². The van der Waals surface area contributed by atoms with Crippen molar-refractivity contribution < 1.29 is 14.4 Å². The quantitative estimate of drug-likeness (QED) is 0.316. The summed E-state index contributed by atoms with van der Waals surface area (Å²) in [6.07, 6.45) is 5.47. The molecule has 3 aromatic heterocycles. The molecular weight excluding hydrogens is 510 g/mol. The Labute approximate surface area is 232 Å². The van der Waals surface area contributed by atoms with Crippen molar-refractivity contribution in [2.24, 2.45) is 7.05 Å². The first kappa shape index (κ1) is 27.4. The highest BCUT2D eigenvalue weighted by molar-refractivity contribution is 5.90. The number of rotatable bonds is 7. The third-order valence-corrected chi connectivity index (χ3v) is 6.66. The average molecular weight is 546 g/mol. The largest absolute Gasteiger partial charge is 0.392 e. The monoisotopic (exact) mass is 545 g/mol. The van der Waals surface area contributed by atoms with Crippen molar-refractivity contribution in [2.75, 3.05) is 18.4 Å². The third kappa shape index (κ3) is 6.35. The van der Waals surface area contributed by atoms with E-state index in [1.807, 2.05) is 52.2 Å². The molecule has 1 amide bonds. The van der Waals surface area contributed by atoms with E-state index in [1.54, 1.807) is 24.0 Å². The van der Waals surface area contributed by atoms with Gasteiger partial charge in [-0.25, -0.2) is 9.97 Å². The number of benzene rings is 1. The number of β-amino-alcohol motifs (C(OH)–C–C–N with tert-alkyl or cyclic N) is 1. The first-order chi connectivity index (χ1) is 19.0. The van der Waals surface area contributed by atoms with E-state index >= 15 is 0 Å². The molecule has 0 bridgehead atoms. The number of aliphatic hydroxyl groups is 1. The number of aliphatic hydroxyl groups excluding tert-OH is 1. The lowest BCUT2D eigenvalue weighted by molar-refractivity contribution is 0.0913. The number of carbonyl (C=O) groups is 1. The second-order valence-electron chi connectivity index (χ2n) is 11.3. The molecule has 0 radical (unpaired) electrons. The Morgan fingerprint density at radius 3 is 2.77 bits per heavy atom. The molecule has 0 saturated carbocycles. The lowest BCUT2D eigenvalue weighted by atomic mass is 9.96. The summed E-state index contributed by atoms with van der Waals surface area (Å²) in [6.45, 7) is 9.49. The third-order valence-electron chi connectivity index (χ3n) is 6.66. The molecule has 210 valence electrons. The van der Waals surface area contributed by atoms with E-state index in [2.05, 4.69) is 41.8 Å². The van der Waals surface area contributed by atoms with Crippen molar-refractivity contribution in [3.05, 3.63) is 65.7 Å². The number of carbonyl (C=O) groups excluding carboxylic acids is 1. The van der Waals surface area contributed by atoms with Crippen molar-refractivity contribution in [2.45, 2.75) is 58.2 Å². The highest BCUT2D eigenvalue weighted by atomic mass is 16.5. The fourth-order valence-corrected chi connectivity index (χ4v) is 4.75. The molecule has 12 nitrogen and oxygen atoms in total. The zero-order valence-electron chi connectivity index (χ0n) is 23.4. The molecule has 40 heavy (non-hydrogen) atoms. The molecule has 4 aromatic rings. The Hall–Kier alpha value is -4.16. The van der Waals surface area contributed by atoms with E-state index in [9.17, 15) is 9.90 Å². The van der Waals surface area contributed by atoms with Crippen LogP contribution in [-0.4, -0.2) is 65.0 Å². The van der Waals surface area contributed by atoms with Crippen molar-refractivity contribution in [1.82, 2.24) is 40.1 Å². The molecule has 0 fully saturated rings. The molecule has 0 spiro atoms. The van der Waals surface area contributed by atoms with Crippen molar-refractivity contribution in [1.29, 1.82) is 0 Å². The molecule has 2 atom stereocenters. The highest BCUT2D eigenvalue weighted by Gasteiger charge is 2.28. The molecule has 4 heterocycles. The molecule has 0 aliphatic carbocycles. The first-order valence-electron chi connectivity index (χ1n) is 13.3. The van der Waals surface area contributed by atoms with E-state index in [4.69, 9.17) is 9.51 Å². The van der Waals surface area contributed by atoms with Gasteiger partial charge < -0.3 is 20.3 Å². The molecule has 3 N–H and O–H groups in total. The zero-order chi connectivity index (χ0) is 28.4. The summed E-state index contributed by atoms with van der Waals surface area (Å²) in [5.41, 5.74) is 4.18. The molecule has 5 rings (SSSR count). The van der Waals surface area contributed by atoms with Gasteiger partial charge in [0.25, 0.3) is 11.7 Å². The molecular formula is C28H35N9O3. The number of aryl methyl sites for hydroxylation is 1. The summed E-state index contributed by atoms with van der Waals surface area (Å²) >= 11 is 0. The number of amides is 1. The lowest BCUT2D eigenvalue weighted by Crippen LogP contribution is -2.33. The van der Waals surface area contributed by atoms with Crippen LogP contribution in [0.2, 0.25) is 0 Å². The Bertz CT molecular complexity index is 1490. The van der Waals surface area contributed by atoms with Crippen LogP contribution in [0, 0.1) is 0 Å². The summed E-state index contributed by atoms with van der Waals surface area (Å²) in [7, 11) is 1.85. The van der Waals surface area contributed by atoms with Crippen LogP contribution < -0.4 is 10.6 Å². The summed E-state index contributed by atoms with van der Waals surface area (Å²) < 4.78 is 7.03. The van der Waals surface area contributed by atoms with E-state index in [0.29, 0.717) is 37.9 Å². The number of hydrogen-bond donors (Lipinski definition) is 3. The van der Waals surface area contributed by atoms with Crippen LogP contribution in [0.5, 0.6) is 0 Å². The van der Waals surface area contributed by atoms with E-state index < -0.39 is 6.10 Å². The normalized spacial score (nSPS) is 16.7. The van der Waals surface area contributed by atoms with Crippen LogP contribution in [0.3, 0.4) is 0 Å². The van der Waals surface area contributed by atoms with Crippen LogP contribution in [0.1, 0.15) is 67.8 Å². The Kier molecular flexibility index (Phi) is 7.63. The Balaban J connectivity index is 1.42. The second-order valence-corrected chi connectivity index (χ2v) is 11.3. The molecule has 1 aliphatic rings. The summed E-state index contributed by atoms with van der Waals surface area (Å²) in [5, 5.41) is 24.5. The number of fused-ring (bicyclic) bond motifs is 1. The topological polar surface area (TPSA) is 147 Å². The number of aromatic nitrogens is 6. The lowest BCUT2D eigenvalue weighted by Gasteiger charge is -2.22. The molecule has 0 saturated heterocycles. The van der Waals surface area contributed by atoms with Gasteiger partial charge in [0.2, 0.25) is 11.8 Å². The zero-order valence-corrected chi connectivity index (χ0v) is 23.4. The van der Waals surface area contributed by atoms with Gasteiger partial charge in [0.1, 0.15) is 0 Å². The minimum Gasteiger partial charge on any atom is -0.392 e. The van der Waals surface area contributed by atoms with Gasteiger partial charge in [-0.1, -0.05) is 38.1 Å². The van der Waals surface area contributed by atoms with Crippen LogP contribution in [0.15, 0.2) is 47.4 Å². The second kappa shape index (κ2) is 11.1. The van der Waals surface area contributed by atoms with Gasteiger partial charge in [-0.05, 0) is 36.6 Å². The molecule has 1 aromatic carbocycles. The molecule has 0 unspecified atom stereocenters. The first-order valence-corrected chi connectivity index (χ1v) is 13.3. The van der Waals surface area contributed by atoms with Crippen LogP contribution in [0.25, 0.3) is 11.3 Å². The maximum absolute atomic E-state index is 13.1. The molecule has 1 aliphatic heterocycles. The fourth-order valence-electron chi connectivity index (χ4n) is 4.75. The minimum atomic E-state index is -0.476. The summed E-state index contributed by atoms with van der Waals surface area (Å²) in [5.74, 6) is 0.512. The number of nitrogens with one attached hydrogen (secondary N) is 2. The predicted molar refractivity (Wildman–Crippen MR) is 149 cm³/mol. The van der Waals surface area contributed by atoms with E-state index in [0.717, 1.165) is 28.1 Å². The maximum Gasteiger partial charge on any atom is 0.293 e. The van der Waals surface area contributed by atoms with Gasteiger partial charge in [-0.15, -0.1) is 0 Å². The number of hydrogen-bond acceptors (Lipinski definition) is 10.